The first-order chi connectivity index (χ1) is 9.10. The van der Waals surface area contributed by atoms with Crippen LogP contribution in [-0.4, -0.2) is 12.0 Å². The van der Waals surface area contributed by atoms with Crippen LogP contribution < -0.4 is 10.6 Å². The van der Waals surface area contributed by atoms with Crippen LogP contribution in [0, 0.1) is 13.8 Å². The fraction of sp³-hybridized carbons (Fsp3) is 0.312. The first-order valence-corrected chi connectivity index (χ1v) is 6.53. The van der Waals surface area contributed by atoms with Gasteiger partial charge in [-0.2, -0.15) is 0 Å². The maximum Gasteiger partial charge on any atom is 0.0600 e. The van der Waals surface area contributed by atoms with E-state index in [1.54, 1.807) is 0 Å². The number of pyridine rings is 1. The third kappa shape index (κ3) is 3.32. The molecule has 0 atom stereocenters. The Hall–Kier alpha value is -1.87. The Morgan fingerprint density at radius 2 is 1.84 bits per heavy atom. The average Bonchev–Trinajstić information content (AvgIpc) is 2.38. The largest absolute Gasteiger partial charge is 0.368 e. The summed E-state index contributed by atoms with van der Waals surface area (Å²) in [4.78, 5) is 6.76. The Morgan fingerprint density at radius 1 is 1.11 bits per heavy atom. The van der Waals surface area contributed by atoms with Gasteiger partial charge in [-0.3, -0.25) is 4.98 Å². The van der Waals surface area contributed by atoms with Gasteiger partial charge in [0.1, 0.15) is 0 Å². The van der Waals surface area contributed by atoms with E-state index in [0.29, 0.717) is 6.54 Å². The predicted molar refractivity (Wildman–Crippen MR) is 80.2 cm³/mol. The molecule has 2 aromatic rings. The number of anilines is 1. The summed E-state index contributed by atoms with van der Waals surface area (Å²) in [5.41, 5.74) is 11.4. The number of hydrogen-bond donors (Lipinski definition) is 1. The van der Waals surface area contributed by atoms with Gasteiger partial charge in [-0.05, 0) is 37.6 Å². The molecule has 0 amide bonds. The van der Waals surface area contributed by atoms with E-state index in [1.165, 1.54) is 16.8 Å². The highest BCUT2D eigenvalue weighted by Gasteiger charge is 2.06. The summed E-state index contributed by atoms with van der Waals surface area (Å²) < 4.78 is 0. The molecule has 0 unspecified atom stereocenters. The molecule has 0 aliphatic carbocycles. The van der Waals surface area contributed by atoms with Gasteiger partial charge in [-0.25, -0.2) is 0 Å². The molecule has 0 aliphatic rings. The highest BCUT2D eigenvalue weighted by atomic mass is 15.1. The number of nitrogens with zero attached hydrogens (tertiary/aromatic N) is 2. The predicted octanol–water partition coefficient (Wildman–Crippen LogP) is 2.79. The lowest BCUT2D eigenvalue weighted by Crippen LogP contribution is -2.18. The van der Waals surface area contributed by atoms with Gasteiger partial charge in [-0.1, -0.05) is 23.8 Å². The van der Waals surface area contributed by atoms with Crippen LogP contribution in [0.25, 0.3) is 0 Å². The number of rotatable bonds is 4. The van der Waals surface area contributed by atoms with Crippen LogP contribution in [0.3, 0.4) is 0 Å². The first-order valence-electron chi connectivity index (χ1n) is 6.53. The zero-order chi connectivity index (χ0) is 13.8. The molecule has 0 aliphatic heterocycles. The molecule has 2 N–H and O–H groups in total. The summed E-state index contributed by atoms with van der Waals surface area (Å²) in [6.07, 6.45) is 0. The fourth-order valence-electron chi connectivity index (χ4n) is 2.29. The number of benzene rings is 1. The van der Waals surface area contributed by atoms with Crippen molar-refractivity contribution in [2.45, 2.75) is 26.9 Å². The highest BCUT2D eigenvalue weighted by Crippen LogP contribution is 2.21. The van der Waals surface area contributed by atoms with Gasteiger partial charge in [-0.15, -0.1) is 0 Å². The zero-order valence-electron chi connectivity index (χ0n) is 11.9. The van der Waals surface area contributed by atoms with Crippen molar-refractivity contribution >= 4 is 5.69 Å². The van der Waals surface area contributed by atoms with Crippen molar-refractivity contribution in [1.29, 1.82) is 0 Å². The minimum absolute atomic E-state index is 0.487. The standard InChI is InChI=1S/C16H21N3/c1-12-7-8-16(13(2)9-12)19(3)11-15-6-4-5-14(10-17)18-15/h4-9H,10-11,17H2,1-3H3. The molecule has 19 heavy (non-hydrogen) atoms. The third-order valence-corrected chi connectivity index (χ3v) is 3.24. The van der Waals surface area contributed by atoms with Gasteiger partial charge in [0.05, 0.1) is 17.9 Å². The monoisotopic (exact) mass is 255 g/mol. The van der Waals surface area contributed by atoms with Crippen LogP contribution in [0.4, 0.5) is 5.69 Å². The number of hydrogen-bond acceptors (Lipinski definition) is 3. The van der Waals surface area contributed by atoms with Crippen LogP contribution in [0.15, 0.2) is 36.4 Å². The highest BCUT2D eigenvalue weighted by molar-refractivity contribution is 5.53. The SMILES string of the molecule is Cc1ccc(N(C)Cc2cccc(CN)n2)c(C)c1. The van der Waals surface area contributed by atoms with Crippen LogP contribution in [0.5, 0.6) is 0 Å². The quantitative estimate of drug-likeness (QED) is 0.913. The second kappa shape index (κ2) is 5.85. The summed E-state index contributed by atoms with van der Waals surface area (Å²) in [7, 11) is 2.09. The van der Waals surface area contributed by atoms with E-state index < -0.39 is 0 Å². The summed E-state index contributed by atoms with van der Waals surface area (Å²) in [5.74, 6) is 0. The lowest BCUT2D eigenvalue weighted by molar-refractivity contribution is 0.856. The zero-order valence-corrected chi connectivity index (χ0v) is 11.9. The number of nitrogens with two attached hydrogens (primary N) is 1. The van der Waals surface area contributed by atoms with Crippen molar-refractivity contribution in [1.82, 2.24) is 4.98 Å². The summed E-state index contributed by atoms with van der Waals surface area (Å²) in [6.45, 7) is 5.53. The summed E-state index contributed by atoms with van der Waals surface area (Å²) in [6, 6.07) is 12.5. The first kappa shape index (κ1) is 13.6. The van der Waals surface area contributed by atoms with Crippen LogP contribution in [-0.2, 0) is 13.1 Å². The molecule has 0 saturated heterocycles. The molecule has 2 rings (SSSR count). The molecule has 0 fully saturated rings. The topological polar surface area (TPSA) is 42.1 Å². The van der Waals surface area contributed by atoms with Gasteiger partial charge < -0.3 is 10.6 Å². The molecule has 100 valence electrons. The Labute approximate surface area is 115 Å². The maximum atomic E-state index is 5.63. The number of aryl methyl sites for hydroxylation is 2. The Bertz CT molecular complexity index is 564. The molecule has 1 aromatic carbocycles. The van der Waals surface area contributed by atoms with Crippen molar-refractivity contribution in [3.05, 3.63) is 58.9 Å². The average molecular weight is 255 g/mol. The molecular weight excluding hydrogens is 234 g/mol. The molecule has 0 radical (unpaired) electrons. The Balaban J connectivity index is 2.17. The van der Waals surface area contributed by atoms with Crippen LogP contribution >= 0.6 is 0 Å². The second-order valence-corrected chi connectivity index (χ2v) is 4.97. The lowest BCUT2D eigenvalue weighted by atomic mass is 10.1. The van der Waals surface area contributed by atoms with E-state index in [9.17, 15) is 0 Å². The van der Waals surface area contributed by atoms with Gasteiger partial charge >= 0.3 is 0 Å². The fourth-order valence-corrected chi connectivity index (χ4v) is 2.29. The van der Waals surface area contributed by atoms with E-state index in [2.05, 4.69) is 49.0 Å². The van der Waals surface area contributed by atoms with Gasteiger partial charge in [0, 0.05) is 19.3 Å². The Kier molecular flexibility index (Phi) is 4.17. The molecule has 0 saturated carbocycles. The molecule has 3 nitrogen and oxygen atoms in total. The van der Waals surface area contributed by atoms with E-state index in [-0.39, 0.29) is 0 Å². The van der Waals surface area contributed by atoms with Crippen molar-refractivity contribution < 1.29 is 0 Å². The summed E-state index contributed by atoms with van der Waals surface area (Å²) >= 11 is 0. The van der Waals surface area contributed by atoms with Crippen molar-refractivity contribution in [2.75, 3.05) is 11.9 Å². The van der Waals surface area contributed by atoms with Crippen molar-refractivity contribution in [2.24, 2.45) is 5.73 Å². The number of aromatic nitrogens is 1. The van der Waals surface area contributed by atoms with E-state index in [1.807, 2.05) is 18.2 Å². The third-order valence-electron chi connectivity index (χ3n) is 3.24. The second-order valence-electron chi connectivity index (χ2n) is 4.97. The van der Waals surface area contributed by atoms with Crippen LogP contribution in [0.2, 0.25) is 0 Å². The molecular formula is C16H21N3. The molecule has 1 heterocycles. The molecule has 1 aromatic heterocycles. The molecule has 0 bridgehead atoms. The van der Waals surface area contributed by atoms with E-state index in [4.69, 9.17) is 5.73 Å². The van der Waals surface area contributed by atoms with Crippen molar-refractivity contribution in [3.63, 3.8) is 0 Å². The van der Waals surface area contributed by atoms with E-state index >= 15 is 0 Å². The minimum Gasteiger partial charge on any atom is -0.368 e. The van der Waals surface area contributed by atoms with Gasteiger partial charge in [0.25, 0.3) is 0 Å². The van der Waals surface area contributed by atoms with Crippen LogP contribution in [0.1, 0.15) is 22.5 Å². The lowest BCUT2D eigenvalue weighted by Gasteiger charge is -2.21. The molecule has 3 heteroatoms. The van der Waals surface area contributed by atoms with Crippen molar-refractivity contribution in [3.8, 4) is 0 Å². The smallest absolute Gasteiger partial charge is 0.0600 e. The normalized spacial score (nSPS) is 10.5. The Morgan fingerprint density at radius 3 is 2.53 bits per heavy atom. The summed E-state index contributed by atoms with van der Waals surface area (Å²) in [5, 5.41) is 0. The minimum atomic E-state index is 0.487. The van der Waals surface area contributed by atoms with Gasteiger partial charge in [0.15, 0.2) is 0 Å². The maximum absolute atomic E-state index is 5.63. The molecule has 0 spiro atoms. The van der Waals surface area contributed by atoms with Gasteiger partial charge in [0.2, 0.25) is 0 Å². The van der Waals surface area contributed by atoms with E-state index in [0.717, 1.165) is 17.9 Å².